The molecule has 2 N–H and O–H groups in total. The molecule has 0 atom stereocenters. The van der Waals surface area contributed by atoms with Crippen molar-refractivity contribution in [2.45, 2.75) is 13.8 Å². The van der Waals surface area contributed by atoms with E-state index in [4.69, 9.17) is 0 Å². The van der Waals surface area contributed by atoms with Crippen LogP contribution < -0.4 is 10.9 Å². The topological polar surface area (TPSA) is 92.2 Å². The molecule has 0 saturated carbocycles. The third-order valence-corrected chi connectivity index (χ3v) is 3.31. The number of nitrogens with zero attached hydrogens (tertiary/aromatic N) is 3. The van der Waals surface area contributed by atoms with Crippen LogP contribution >= 0.6 is 0 Å². The first-order chi connectivity index (χ1) is 10.1. The number of fused-ring (bicyclic) bond motifs is 1. The van der Waals surface area contributed by atoms with E-state index in [1.54, 1.807) is 35.7 Å². The number of carbonyl (C=O) groups excluding carboxylic acids is 1. The molecule has 0 aromatic carbocycles. The third kappa shape index (κ3) is 2.29. The minimum absolute atomic E-state index is 0.213. The summed E-state index contributed by atoms with van der Waals surface area (Å²) in [6.07, 6.45) is 3.25. The Bertz CT molecular complexity index is 894. The first kappa shape index (κ1) is 13.0. The second kappa shape index (κ2) is 4.86. The van der Waals surface area contributed by atoms with Crippen molar-refractivity contribution >= 4 is 17.2 Å². The Morgan fingerprint density at radius 3 is 3.00 bits per heavy atom. The van der Waals surface area contributed by atoms with Gasteiger partial charge in [0.05, 0.1) is 5.56 Å². The minimum atomic E-state index is -0.401. The van der Waals surface area contributed by atoms with Gasteiger partial charge in [-0.25, -0.2) is 0 Å². The van der Waals surface area contributed by atoms with Gasteiger partial charge in [0, 0.05) is 11.9 Å². The first-order valence-electron chi connectivity index (χ1n) is 6.36. The van der Waals surface area contributed by atoms with Crippen LogP contribution in [0.1, 0.15) is 21.6 Å². The van der Waals surface area contributed by atoms with Gasteiger partial charge in [-0.05, 0) is 37.6 Å². The Balaban J connectivity index is 1.99. The standard InChI is InChI=1S/C14H13N5O2/c1-8-6-11(14(21)16-9(8)2)17-13(20)10-4-3-5-19-7-15-18-12(10)19/h3-7H,1-2H3,(H,16,21)(H,17,20). The molecule has 1 amide bonds. The fraction of sp³-hybridized carbons (Fsp3) is 0.143. The molecular formula is C14H13N5O2. The number of hydrogen-bond acceptors (Lipinski definition) is 4. The average molecular weight is 283 g/mol. The number of amides is 1. The molecule has 0 saturated heterocycles. The first-order valence-corrected chi connectivity index (χ1v) is 6.36. The quantitative estimate of drug-likeness (QED) is 0.741. The summed E-state index contributed by atoms with van der Waals surface area (Å²) in [5.74, 6) is -0.401. The Morgan fingerprint density at radius 2 is 2.19 bits per heavy atom. The third-order valence-electron chi connectivity index (χ3n) is 3.31. The molecular weight excluding hydrogens is 270 g/mol. The van der Waals surface area contributed by atoms with Crippen LogP contribution in [-0.2, 0) is 0 Å². The van der Waals surface area contributed by atoms with Gasteiger partial charge in [-0.2, -0.15) is 0 Å². The van der Waals surface area contributed by atoms with Crippen molar-refractivity contribution in [2.75, 3.05) is 5.32 Å². The Kier molecular flexibility index (Phi) is 3.02. The molecule has 7 heteroatoms. The van der Waals surface area contributed by atoms with E-state index in [1.807, 2.05) is 6.92 Å². The Morgan fingerprint density at radius 1 is 1.38 bits per heavy atom. The van der Waals surface area contributed by atoms with Crippen molar-refractivity contribution in [1.29, 1.82) is 0 Å². The van der Waals surface area contributed by atoms with Gasteiger partial charge in [0.25, 0.3) is 11.5 Å². The van der Waals surface area contributed by atoms with Crippen LogP contribution in [0.4, 0.5) is 5.69 Å². The number of carbonyl (C=O) groups is 1. The van der Waals surface area contributed by atoms with Crippen molar-refractivity contribution in [1.82, 2.24) is 19.6 Å². The number of aromatic nitrogens is 4. The van der Waals surface area contributed by atoms with Crippen LogP contribution in [0.3, 0.4) is 0 Å². The van der Waals surface area contributed by atoms with Crippen LogP contribution in [0.2, 0.25) is 0 Å². The Labute approximate surface area is 119 Å². The van der Waals surface area contributed by atoms with Crippen LogP contribution in [0.5, 0.6) is 0 Å². The van der Waals surface area contributed by atoms with Gasteiger partial charge in [-0.15, -0.1) is 10.2 Å². The maximum Gasteiger partial charge on any atom is 0.271 e. The predicted molar refractivity (Wildman–Crippen MR) is 77.5 cm³/mol. The number of rotatable bonds is 2. The maximum absolute atomic E-state index is 12.3. The van der Waals surface area contributed by atoms with Crippen LogP contribution in [0, 0.1) is 13.8 Å². The van der Waals surface area contributed by atoms with Gasteiger partial charge in [0.15, 0.2) is 5.65 Å². The number of nitrogens with one attached hydrogen (secondary N) is 2. The molecule has 3 rings (SSSR count). The summed E-state index contributed by atoms with van der Waals surface area (Å²) in [6.45, 7) is 3.67. The van der Waals surface area contributed by atoms with E-state index < -0.39 is 5.91 Å². The molecule has 0 aliphatic carbocycles. The summed E-state index contributed by atoms with van der Waals surface area (Å²) in [7, 11) is 0. The second-order valence-electron chi connectivity index (χ2n) is 4.76. The van der Waals surface area contributed by atoms with Gasteiger partial charge >= 0.3 is 0 Å². The number of aryl methyl sites for hydroxylation is 2. The van der Waals surface area contributed by atoms with Crippen molar-refractivity contribution in [2.24, 2.45) is 0 Å². The maximum atomic E-state index is 12.3. The highest BCUT2D eigenvalue weighted by molar-refractivity contribution is 6.08. The van der Waals surface area contributed by atoms with E-state index >= 15 is 0 Å². The van der Waals surface area contributed by atoms with Crippen molar-refractivity contribution < 1.29 is 4.79 Å². The highest BCUT2D eigenvalue weighted by Crippen LogP contribution is 2.11. The summed E-state index contributed by atoms with van der Waals surface area (Å²) in [5.41, 5.74) is 2.34. The number of aromatic amines is 1. The van der Waals surface area contributed by atoms with E-state index in [1.165, 1.54) is 6.33 Å². The van der Waals surface area contributed by atoms with E-state index in [9.17, 15) is 9.59 Å². The molecule has 0 spiro atoms. The van der Waals surface area contributed by atoms with Gasteiger partial charge < -0.3 is 10.3 Å². The summed E-state index contributed by atoms with van der Waals surface area (Å²) >= 11 is 0. The van der Waals surface area contributed by atoms with Crippen LogP contribution in [0.15, 0.2) is 35.5 Å². The van der Waals surface area contributed by atoms with Gasteiger partial charge in [-0.1, -0.05) is 0 Å². The van der Waals surface area contributed by atoms with Crippen LogP contribution in [0.25, 0.3) is 5.65 Å². The summed E-state index contributed by atoms with van der Waals surface area (Å²) in [5, 5.41) is 10.3. The lowest BCUT2D eigenvalue weighted by molar-refractivity contribution is 0.102. The monoisotopic (exact) mass is 283 g/mol. The number of pyridine rings is 2. The Hall–Kier alpha value is -2.96. The van der Waals surface area contributed by atoms with E-state index in [-0.39, 0.29) is 11.2 Å². The fourth-order valence-corrected chi connectivity index (χ4v) is 2.04. The summed E-state index contributed by atoms with van der Waals surface area (Å²) in [6, 6.07) is 5.00. The van der Waals surface area contributed by atoms with Gasteiger partial charge in [0.1, 0.15) is 12.0 Å². The SMILES string of the molecule is Cc1cc(NC(=O)c2cccn3cnnc23)c(=O)[nH]c1C. The molecule has 0 radical (unpaired) electrons. The average Bonchev–Trinajstić information content (AvgIpc) is 2.92. The number of anilines is 1. The normalized spacial score (nSPS) is 10.8. The smallest absolute Gasteiger partial charge is 0.271 e. The zero-order chi connectivity index (χ0) is 15.0. The van der Waals surface area contributed by atoms with E-state index in [0.29, 0.717) is 11.2 Å². The predicted octanol–water partition coefficient (Wildman–Crippen LogP) is 1.29. The van der Waals surface area contributed by atoms with E-state index in [0.717, 1.165) is 11.3 Å². The minimum Gasteiger partial charge on any atom is -0.324 e. The highest BCUT2D eigenvalue weighted by Gasteiger charge is 2.14. The second-order valence-corrected chi connectivity index (χ2v) is 4.76. The molecule has 0 aliphatic heterocycles. The summed E-state index contributed by atoms with van der Waals surface area (Å²) in [4.78, 5) is 26.9. The van der Waals surface area contributed by atoms with Gasteiger partial charge in [-0.3, -0.25) is 14.0 Å². The lowest BCUT2D eigenvalue weighted by Crippen LogP contribution is -2.21. The highest BCUT2D eigenvalue weighted by atomic mass is 16.2. The number of hydrogen-bond donors (Lipinski definition) is 2. The molecule has 3 aromatic heterocycles. The molecule has 3 aromatic rings. The largest absolute Gasteiger partial charge is 0.324 e. The summed E-state index contributed by atoms with van der Waals surface area (Å²) < 4.78 is 1.64. The van der Waals surface area contributed by atoms with E-state index in [2.05, 4.69) is 20.5 Å². The van der Waals surface area contributed by atoms with Crippen LogP contribution in [-0.4, -0.2) is 25.5 Å². The molecule has 106 valence electrons. The molecule has 21 heavy (non-hydrogen) atoms. The van der Waals surface area contributed by atoms with Gasteiger partial charge in [0.2, 0.25) is 0 Å². The molecule has 3 heterocycles. The molecule has 0 aliphatic rings. The molecule has 0 fully saturated rings. The van der Waals surface area contributed by atoms with Crippen molar-refractivity contribution in [3.8, 4) is 0 Å². The lowest BCUT2D eigenvalue weighted by Gasteiger charge is -2.07. The van der Waals surface area contributed by atoms with Crippen molar-refractivity contribution in [3.63, 3.8) is 0 Å². The molecule has 0 bridgehead atoms. The molecule has 7 nitrogen and oxygen atoms in total. The fourth-order valence-electron chi connectivity index (χ4n) is 2.04. The molecule has 0 unspecified atom stereocenters. The van der Waals surface area contributed by atoms with Crippen molar-refractivity contribution in [3.05, 3.63) is 57.9 Å². The lowest BCUT2D eigenvalue weighted by atomic mass is 10.2. The zero-order valence-corrected chi connectivity index (χ0v) is 11.5. The zero-order valence-electron chi connectivity index (χ0n) is 11.5. The number of H-pyrrole nitrogens is 1.